The van der Waals surface area contributed by atoms with E-state index in [1.807, 2.05) is 12.3 Å². The third kappa shape index (κ3) is 2.83. The Bertz CT molecular complexity index is 406. The number of nitrogens with one attached hydrogen (secondary N) is 1. The average molecular weight is 250 g/mol. The van der Waals surface area contributed by atoms with Gasteiger partial charge in [0.1, 0.15) is 0 Å². The third-order valence-electron chi connectivity index (χ3n) is 2.95. The second-order valence-corrected chi connectivity index (χ2v) is 4.86. The molecule has 1 aromatic rings. The standard InChI is InChI=1S/C13H18N2OS/c1-17-12-7-3-2-6-11(12)13(15-14)10-5-4-8-16-9-10/h2-3,6-7,9,13,15H,4-5,8,14H2,1H3. The number of rotatable bonds is 4. The molecule has 1 aliphatic rings. The van der Waals surface area contributed by atoms with Crippen LogP contribution in [-0.4, -0.2) is 12.9 Å². The zero-order valence-electron chi connectivity index (χ0n) is 9.98. The van der Waals surface area contributed by atoms with Crippen molar-refractivity contribution in [2.75, 3.05) is 12.9 Å². The van der Waals surface area contributed by atoms with E-state index in [1.54, 1.807) is 11.8 Å². The maximum absolute atomic E-state index is 5.70. The highest BCUT2D eigenvalue weighted by atomic mass is 32.2. The molecule has 0 fully saturated rings. The Hall–Kier alpha value is -0.970. The van der Waals surface area contributed by atoms with Crippen molar-refractivity contribution in [1.29, 1.82) is 0 Å². The minimum Gasteiger partial charge on any atom is -0.501 e. The van der Waals surface area contributed by atoms with Crippen LogP contribution in [0, 0.1) is 0 Å². The maximum Gasteiger partial charge on any atom is 0.0876 e. The Morgan fingerprint density at radius 1 is 1.41 bits per heavy atom. The quantitative estimate of drug-likeness (QED) is 0.490. The second-order valence-electron chi connectivity index (χ2n) is 4.01. The van der Waals surface area contributed by atoms with Crippen LogP contribution in [0.15, 0.2) is 41.0 Å². The largest absolute Gasteiger partial charge is 0.501 e. The molecular weight excluding hydrogens is 232 g/mol. The molecule has 0 saturated heterocycles. The molecule has 0 saturated carbocycles. The normalized spacial score (nSPS) is 17.2. The SMILES string of the molecule is CSc1ccccc1C(NN)C1=COCCC1. The number of thioether (sulfide) groups is 1. The molecule has 0 spiro atoms. The van der Waals surface area contributed by atoms with Crippen LogP contribution < -0.4 is 11.3 Å². The average Bonchev–Trinajstić information content (AvgIpc) is 2.41. The Morgan fingerprint density at radius 2 is 2.24 bits per heavy atom. The molecule has 0 radical (unpaired) electrons. The van der Waals surface area contributed by atoms with Gasteiger partial charge in [-0.05, 0) is 36.3 Å². The molecule has 1 atom stereocenters. The number of hydrogen-bond acceptors (Lipinski definition) is 4. The molecular formula is C13H18N2OS. The molecule has 4 heteroatoms. The number of hydrazine groups is 1. The minimum absolute atomic E-state index is 0.0546. The van der Waals surface area contributed by atoms with Gasteiger partial charge in [-0.1, -0.05) is 18.2 Å². The van der Waals surface area contributed by atoms with Gasteiger partial charge >= 0.3 is 0 Å². The lowest BCUT2D eigenvalue weighted by Gasteiger charge is -2.24. The monoisotopic (exact) mass is 250 g/mol. The van der Waals surface area contributed by atoms with E-state index >= 15 is 0 Å². The maximum atomic E-state index is 5.70. The first-order valence-corrected chi connectivity index (χ1v) is 6.99. The predicted molar refractivity (Wildman–Crippen MR) is 71.6 cm³/mol. The van der Waals surface area contributed by atoms with Crippen LogP contribution in [0.3, 0.4) is 0 Å². The zero-order chi connectivity index (χ0) is 12.1. The molecule has 1 heterocycles. The van der Waals surface area contributed by atoms with Crippen molar-refractivity contribution in [3.8, 4) is 0 Å². The van der Waals surface area contributed by atoms with Crippen LogP contribution >= 0.6 is 11.8 Å². The van der Waals surface area contributed by atoms with E-state index < -0.39 is 0 Å². The van der Waals surface area contributed by atoms with Crippen molar-refractivity contribution in [2.45, 2.75) is 23.8 Å². The summed E-state index contributed by atoms with van der Waals surface area (Å²) in [7, 11) is 0. The fourth-order valence-electron chi connectivity index (χ4n) is 2.10. The van der Waals surface area contributed by atoms with Gasteiger partial charge in [0.05, 0.1) is 18.9 Å². The molecule has 3 nitrogen and oxygen atoms in total. The van der Waals surface area contributed by atoms with Gasteiger partial charge in [-0.3, -0.25) is 5.84 Å². The van der Waals surface area contributed by atoms with Crippen molar-refractivity contribution >= 4 is 11.8 Å². The molecule has 0 amide bonds. The summed E-state index contributed by atoms with van der Waals surface area (Å²) < 4.78 is 5.40. The van der Waals surface area contributed by atoms with Crippen molar-refractivity contribution in [1.82, 2.24) is 5.43 Å². The number of benzene rings is 1. The highest BCUT2D eigenvalue weighted by molar-refractivity contribution is 7.98. The molecule has 3 N–H and O–H groups in total. The molecule has 0 bridgehead atoms. The number of hydrogen-bond donors (Lipinski definition) is 2. The summed E-state index contributed by atoms with van der Waals surface area (Å²) >= 11 is 1.74. The molecule has 0 aliphatic carbocycles. The van der Waals surface area contributed by atoms with E-state index in [0.29, 0.717) is 0 Å². The lowest BCUT2D eigenvalue weighted by molar-refractivity contribution is 0.219. The lowest BCUT2D eigenvalue weighted by atomic mass is 9.96. The summed E-state index contributed by atoms with van der Waals surface area (Å²) in [6.07, 6.45) is 6.03. The van der Waals surface area contributed by atoms with E-state index in [9.17, 15) is 0 Å². The number of nitrogens with two attached hydrogens (primary N) is 1. The summed E-state index contributed by atoms with van der Waals surface area (Å²) in [6, 6.07) is 8.39. The van der Waals surface area contributed by atoms with Gasteiger partial charge in [0.15, 0.2) is 0 Å². The molecule has 92 valence electrons. The van der Waals surface area contributed by atoms with Crippen LogP contribution in [0.1, 0.15) is 24.4 Å². The van der Waals surface area contributed by atoms with Crippen molar-refractivity contribution < 1.29 is 4.74 Å². The van der Waals surface area contributed by atoms with Crippen molar-refractivity contribution in [2.24, 2.45) is 5.84 Å². The van der Waals surface area contributed by atoms with E-state index in [0.717, 1.165) is 19.4 Å². The van der Waals surface area contributed by atoms with Crippen LogP contribution in [0.25, 0.3) is 0 Å². The Morgan fingerprint density at radius 3 is 2.88 bits per heavy atom. The van der Waals surface area contributed by atoms with Crippen LogP contribution in [0.5, 0.6) is 0 Å². The summed E-state index contributed by atoms with van der Waals surface area (Å²) in [5.41, 5.74) is 5.35. The van der Waals surface area contributed by atoms with Gasteiger partial charge in [0, 0.05) is 4.90 Å². The predicted octanol–water partition coefficient (Wildman–Crippen LogP) is 2.61. The smallest absolute Gasteiger partial charge is 0.0876 e. The van der Waals surface area contributed by atoms with Crippen molar-refractivity contribution in [3.63, 3.8) is 0 Å². The summed E-state index contributed by atoms with van der Waals surface area (Å²) in [6.45, 7) is 0.810. The highest BCUT2D eigenvalue weighted by Crippen LogP contribution is 2.32. The third-order valence-corrected chi connectivity index (χ3v) is 3.76. The first-order valence-electron chi connectivity index (χ1n) is 5.76. The first-order chi connectivity index (χ1) is 8.36. The van der Waals surface area contributed by atoms with Crippen LogP contribution in [0.4, 0.5) is 0 Å². The van der Waals surface area contributed by atoms with Gasteiger partial charge in [-0.25, -0.2) is 5.43 Å². The second kappa shape index (κ2) is 6.10. The molecule has 1 aliphatic heterocycles. The van der Waals surface area contributed by atoms with E-state index in [2.05, 4.69) is 29.9 Å². The van der Waals surface area contributed by atoms with Gasteiger partial charge in [0.2, 0.25) is 0 Å². The molecule has 0 aromatic heterocycles. The fourth-order valence-corrected chi connectivity index (χ4v) is 2.73. The van der Waals surface area contributed by atoms with Crippen molar-refractivity contribution in [3.05, 3.63) is 41.7 Å². The Labute approximate surface area is 106 Å². The fraction of sp³-hybridized carbons (Fsp3) is 0.385. The van der Waals surface area contributed by atoms with Gasteiger partial charge < -0.3 is 4.74 Å². The topological polar surface area (TPSA) is 47.3 Å². The molecule has 1 unspecified atom stereocenters. The van der Waals surface area contributed by atoms with Crippen LogP contribution in [0.2, 0.25) is 0 Å². The van der Waals surface area contributed by atoms with Gasteiger partial charge in [-0.2, -0.15) is 0 Å². The number of ether oxygens (including phenoxy) is 1. The Balaban J connectivity index is 2.31. The molecule has 2 rings (SSSR count). The van der Waals surface area contributed by atoms with E-state index in [-0.39, 0.29) is 6.04 Å². The lowest BCUT2D eigenvalue weighted by Crippen LogP contribution is -2.30. The summed E-state index contributed by atoms with van der Waals surface area (Å²) in [4.78, 5) is 1.25. The summed E-state index contributed by atoms with van der Waals surface area (Å²) in [5, 5.41) is 0. The van der Waals surface area contributed by atoms with E-state index in [4.69, 9.17) is 10.6 Å². The van der Waals surface area contributed by atoms with Gasteiger partial charge in [-0.15, -0.1) is 11.8 Å². The first kappa shape index (κ1) is 12.5. The highest BCUT2D eigenvalue weighted by Gasteiger charge is 2.19. The molecule has 17 heavy (non-hydrogen) atoms. The Kier molecular flexibility index (Phi) is 4.48. The van der Waals surface area contributed by atoms with Gasteiger partial charge in [0.25, 0.3) is 0 Å². The van der Waals surface area contributed by atoms with Crippen LogP contribution in [-0.2, 0) is 4.74 Å². The minimum atomic E-state index is 0.0546. The summed E-state index contributed by atoms with van der Waals surface area (Å²) in [5.74, 6) is 5.70. The zero-order valence-corrected chi connectivity index (χ0v) is 10.8. The van der Waals surface area contributed by atoms with E-state index in [1.165, 1.54) is 16.0 Å². The molecule has 1 aromatic carbocycles.